The van der Waals surface area contributed by atoms with Crippen LogP contribution in [-0.4, -0.2) is 23.9 Å². The van der Waals surface area contributed by atoms with Crippen molar-refractivity contribution in [1.82, 2.24) is 0 Å². The zero-order valence-corrected chi connectivity index (χ0v) is 10.4. The molecular weight excluding hydrogens is 218 g/mol. The van der Waals surface area contributed by atoms with E-state index >= 15 is 0 Å². The molecule has 0 aliphatic heterocycles. The minimum Gasteiger partial charge on any atom is -0.504 e. The molecule has 1 fully saturated rings. The SMILES string of the molecule is COc1cc([C@H]2[C@H](CN)C2(C)C)cc(O)c1O. The number of phenols is 2. The number of ether oxygens (including phenoxy) is 1. The fraction of sp³-hybridized carbons (Fsp3) is 0.538. The van der Waals surface area contributed by atoms with Gasteiger partial charge in [0.25, 0.3) is 0 Å². The van der Waals surface area contributed by atoms with Crippen LogP contribution in [0.5, 0.6) is 17.2 Å². The van der Waals surface area contributed by atoms with Gasteiger partial charge in [-0.05, 0) is 41.5 Å². The van der Waals surface area contributed by atoms with Crippen LogP contribution in [0.15, 0.2) is 12.1 Å². The van der Waals surface area contributed by atoms with Crippen molar-refractivity contribution in [3.63, 3.8) is 0 Å². The van der Waals surface area contributed by atoms with E-state index in [2.05, 4.69) is 13.8 Å². The van der Waals surface area contributed by atoms with E-state index in [0.29, 0.717) is 24.1 Å². The van der Waals surface area contributed by atoms with Crippen molar-refractivity contribution in [2.75, 3.05) is 13.7 Å². The fourth-order valence-electron chi connectivity index (χ4n) is 2.79. The smallest absolute Gasteiger partial charge is 0.200 e. The molecule has 0 saturated heterocycles. The topological polar surface area (TPSA) is 75.7 Å². The summed E-state index contributed by atoms with van der Waals surface area (Å²) in [5.74, 6) is 0.680. The molecule has 1 aliphatic rings. The van der Waals surface area contributed by atoms with E-state index in [1.807, 2.05) is 0 Å². The Balaban J connectivity index is 2.39. The van der Waals surface area contributed by atoms with Crippen molar-refractivity contribution in [3.05, 3.63) is 17.7 Å². The van der Waals surface area contributed by atoms with Crippen LogP contribution >= 0.6 is 0 Å². The number of hydrogen-bond donors (Lipinski definition) is 3. The van der Waals surface area contributed by atoms with Gasteiger partial charge < -0.3 is 20.7 Å². The molecule has 0 bridgehead atoms. The zero-order chi connectivity index (χ0) is 12.8. The van der Waals surface area contributed by atoms with Crippen molar-refractivity contribution < 1.29 is 14.9 Å². The number of phenolic OH excluding ortho intramolecular Hbond substituents is 2. The molecule has 17 heavy (non-hydrogen) atoms. The molecule has 0 unspecified atom stereocenters. The molecule has 94 valence electrons. The Morgan fingerprint density at radius 1 is 1.35 bits per heavy atom. The average Bonchev–Trinajstić information content (AvgIpc) is 2.84. The number of hydrogen-bond acceptors (Lipinski definition) is 4. The summed E-state index contributed by atoms with van der Waals surface area (Å²) >= 11 is 0. The maximum atomic E-state index is 9.66. The molecule has 4 heteroatoms. The summed E-state index contributed by atoms with van der Waals surface area (Å²) in [5.41, 5.74) is 6.84. The van der Waals surface area contributed by atoms with Gasteiger partial charge in [0.1, 0.15) is 0 Å². The minimum absolute atomic E-state index is 0.141. The third-order valence-corrected chi connectivity index (χ3v) is 3.96. The lowest BCUT2D eigenvalue weighted by molar-refractivity contribution is 0.350. The summed E-state index contributed by atoms with van der Waals surface area (Å²) in [7, 11) is 1.47. The Labute approximate surface area is 101 Å². The van der Waals surface area contributed by atoms with E-state index in [9.17, 15) is 10.2 Å². The highest BCUT2D eigenvalue weighted by atomic mass is 16.5. The van der Waals surface area contributed by atoms with E-state index in [1.54, 1.807) is 12.1 Å². The van der Waals surface area contributed by atoms with Gasteiger partial charge in [0.2, 0.25) is 5.75 Å². The third-order valence-electron chi connectivity index (χ3n) is 3.96. The predicted octanol–water partition coefficient (Wildman–Crippen LogP) is 1.80. The quantitative estimate of drug-likeness (QED) is 0.701. The summed E-state index contributed by atoms with van der Waals surface area (Å²) in [5, 5.41) is 19.2. The molecular formula is C13H19NO3. The zero-order valence-electron chi connectivity index (χ0n) is 10.4. The maximum Gasteiger partial charge on any atom is 0.200 e. The first-order valence-electron chi connectivity index (χ1n) is 5.73. The highest BCUT2D eigenvalue weighted by Crippen LogP contribution is 2.64. The van der Waals surface area contributed by atoms with Crippen molar-refractivity contribution in [3.8, 4) is 17.2 Å². The molecule has 1 aromatic rings. The second-order valence-corrected chi connectivity index (χ2v) is 5.23. The lowest BCUT2D eigenvalue weighted by Crippen LogP contribution is -2.05. The van der Waals surface area contributed by atoms with Crippen LogP contribution < -0.4 is 10.5 Å². The molecule has 0 aromatic heterocycles. The normalized spacial score (nSPS) is 25.6. The number of benzene rings is 1. The summed E-state index contributed by atoms with van der Waals surface area (Å²) in [6.07, 6.45) is 0. The lowest BCUT2D eigenvalue weighted by Gasteiger charge is -2.09. The van der Waals surface area contributed by atoms with Crippen LogP contribution in [0.3, 0.4) is 0 Å². The molecule has 1 aliphatic carbocycles. The molecule has 0 radical (unpaired) electrons. The highest BCUT2D eigenvalue weighted by molar-refractivity contribution is 5.54. The Morgan fingerprint density at radius 2 is 2.00 bits per heavy atom. The standard InChI is InChI=1S/C13H19NO3/c1-13(2)8(6-14)11(13)7-4-9(15)12(16)10(5-7)17-3/h4-5,8,11,15-16H,6,14H2,1-3H3/t8-,11-/m0/s1. The molecule has 1 saturated carbocycles. The fourth-order valence-corrected chi connectivity index (χ4v) is 2.79. The number of aromatic hydroxyl groups is 2. The first-order valence-corrected chi connectivity index (χ1v) is 5.73. The van der Waals surface area contributed by atoms with Crippen molar-refractivity contribution in [1.29, 1.82) is 0 Å². The second-order valence-electron chi connectivity index (χ2n) is 5.23. The predicted molar refractivity (Wildman–Crippen MR) is 65.4 cm³/mol. The Kier molecular flexibility index (Phi) is 2.70. The average molecular weight is 237 g/mol. The van der Waals surface area contributed by atoms with Gasteiger partial charge >= 0.3 is 0 Å². The van der Waals surface area contributed by atoms with E-state index in [-0.39, 0.29) is 16.9 Å². The number of nitrogens with two attached hydrogens (primary N) is 1. The second kappa shape index (κ2) is 3.81. The largest absolute Gasteiger partial charge is 0.504 e. The van der Waals surface area contributed by atoms with E-state index in [0.717, 1.165) is 5.56 Å². The number of rotatable bonds is 3. The van der Waals surface area contributed by atoms with Gasteiger partial charge in [-0.15, -0.1) is 0 Å². The summed E-state index contributed by atoms with van der Waals surface area (Å²) in [4.78, 5) is 0. The van der Waals surface area contributed by atoms with Gasteiger partial charge in [-0.2, -0.15) is 0 Å². The molecule has 4 nitrogen and oxygen atoms in total. The maximum absolute atomic E-state index is 9.66. The van der Waals surface area contributed by atoms with Gasteiger partial charge in [0.05, 0.1) is 7.11 Å². The Bertz CT molecular complexity index is 443. The molecule has 4 N–H and O–H groups in total. The van der Waals surface area contributed by atoms with Crippen molar-refractivity contribution in [2.45, 2.75) is 19.8 Å². The van der Waals surface area contributed by atoms with Gasteiger partial charge in [-0.25, -0.2) is 0 Å². The first-order chi connectivity index (χ1) is 7.93. The summed E-state index contributed by atoms with van der Waals surface area (Å²) in [6, 6.07) is 3.37. The van der Waals surface area contributed by atoms with Gasteiger partial charge in [-0.1, -0.05) is 13.8 Å². The van der Waals surface area contributed by atoms with E-state index < -0.39 is 0 Å². The van der Waals surface area contributed by atoms with Crippen molar-refractivity contribution in [2.24, 2.45) is 17.1 Å². The van der Waals surface area contributed by atoms with Gasteiger partial charge in [0.15, 0.2) is 11.5 Å². The third kappa shape index (κ3) is 1.72. The summed E-state index contributed by atoms with van der Waals surface area (Å²) < 4.78 is 5.04. The molecule has 0 heterocycles. The van der Waals surface area contributed by atoms with Crippen LogP contribution in [-0.2, 0) is 0 Å². The summed E-state index contributed by atoms with van der Waals surface area (Å²) in [6.45, 7) is 4.94. The number of methoxy groups -OCH3 is 1. The lowest BCUT2D eigenvalue weighted by atomic mass is 10.0. The van der Waals surface area contributed by atoms with Crippen LogP contribution in [0.1, 0.15) is 25.3 Å². The van der Waals surface area contributed by atoms with Gasteiger partial charge in [-0.3, -0.25) is 0 Å². The van der Waals surface area contributed by atoms with E-state index in [4.69, 9.17) is 10.5 Å². The highest BCUT2D eigenvalue weighted by Gasteiger charge is 2.57. The van der Waals surface area contributed by atoms with Gasteiger partial charge in [0, 0.05) is 0 Å². The first kappa shape index (κ1) is 12.0. The van der Waals surface area contributed by atoms with E-state index in [1.165, 1.54) is 7.11 Å². The molecule has 0 spiro atoms. The molecule has 2 rings (SSSR count). The molecule has 0 amide bonds. The monoisotopic (exact) mass is 237 g/mol. The Hall–Kier alpha value is -1.42. The Morgan fingerprint density at radius 3 is 2.47 bits per heavy atom. The van der Waals surface area contributed by atoms with Crippen LogP contribution in [0, 0.1) is 11.3 Å². The van der Waals surface area contributed by atoms with Crippen LogP contribution in [0.4, 0.5) is 0 Å². The van der Waals surface area contributed by atoms with Crippen LogP contribution in [0.2, 0.25) is 0 Å². The van der Waals surface area contributed by atoms with Crippen molar-refractivity contribution >= 4 is 0 Å². The molecule has 1 aromatic carbocycles. The van der Waals surface area contributed by atoms with Crippen LogP contribution in [0.25, 0.3) is 0 Å². The molecule has 2 atom stereocenters. The minimum atomic E-state index is -0.209.